The Hall–Kier alpha value is -2.52. The second kappa shape index (κ2) is 7.79. The van der Waals surface area contributed by atoms with Gasteiger partial charge in [-0.15, -0.1) is 11.3 Å². The number of amides is 1. The number of rotatable bonds is 6. The number of aromatic nitrogens is 2. The number of nitrogens with zero attached hydrogens (tertiary/aromatic N) is 2. The lowest BCUT2D eigenvalue weighted by atomic mass is 10.2. The molecule has 0 unspecified atom stereocenters. The lowest BCUT2D eigenvalue weighted by Crippen LogP contribution is -2.29. The molecular weight excluding hydrogens is 374 g/mol. The van der Waals surface area contributed by atoms with Gasteiger partial charge in [0.05, 0.1) is 25.4 Å². The normalized spacial score (nSPS) is 10.7. The minimum Gasteiger partial charge on any atom is -0.497 e. The quantitative estimate of drug-likeness (QED) is 0.514. The van der Waals surface area contributed by atoms with Crippen molar-refractivity contribution in [1.29, 1.82) is 0 Å². The number of carbonyl (C=O) groups excluding carboxylic acids is 1. The zero-order valence-corrected chi connectivity index (χ0v) is 16.1. The van der Waals surface area contributed by atoms with Gasteiger partial charge >= 0.3 is 0 Å². The minimum atomic E-state index is -0.344. The van der Waals surface area contributed by atoms with E-state index in [-0.39, 0.29) is 18.0 Å². The molecule has 0 bridgehead atoms. The van der Waals surface area contributed by atoms with E-state index in [2.05, 4.69) is 10.3 Å². The average Bonchev–Trinajstić information content (AvgIpc) is 3.13. The van der Waals surface area contributed by atoms with Gasteiger partial charge in [-0.25, -0.2) is 4.98 Å². The summed E-state index contributed by atoms with van der Waals surface area (Å²) in [6.45, 7) is -0.134. The number of benzene rings is 1. The summed E-state index contributed by atoms with van der Waals surface area (Å²) in [5.41, 5.74) is 0.936. The fourth-order valence-corrected chi connectivity index (χ4v) is 3.79. The monoisotopic (exact) mass is 391 g/mol. The molecule has 7 nitrogen and oxygen atoms in total. The topological polar surface area (TPSA) is 82.5 Å². The van der Waals surface area contributed by atoms with E-state index < -0.39 is 0 Å². The van der Waals surface area contributed by atoms with Crippen LogP contribution in [0.4, 0.5) is 5.69 Å². The lowest BCUT2D eigenvalue weighted by Gasteiger charge is -2.13. The highest BCUT2D eigenvalue weighted by Crippen LogP contribution is 2.29. The fraction of sp³-hybridized carbons (Fsp3) is 0.235. The highest BCUT2D eigenvalue weighted by molar-refractivity contribution is 7.98. The maximum atomic E-state index is 12.7. The first-order chi connectivity index (χ1) is 12.6. The van der Waals surface area contributed by atoms with E-state index >= 15 is 0 Å². The van der Waals surface area contributed by atoms with E-state index in [0.717, 1.165) is 0 Å². The average molecular weight is 391 g/mol. The van der Waals surface area contributed by atoms with Gasteiger partial charge < -0.3 is 14.8 Å². The van der Waals surface area contributed by atoms with Crippen LogP contribution in [0.3, 0.4) is 0 Å². The highest BCUT2D eigenvalue weighted by Gasteiger charge is 2.16. The summed E-state index contributed by atoms with van der Waals surface area (Å²) in [6.07, 6.45) is 1.82. The number of hydrogen-bond acceptors (Lipinski definition) is 7. The van der Waals surface area contributed by atoms with E-state index in [1.165, 1.54) is 34.8 Å². The van der Waals surface area contributed by atoms with Gasteiger partial charge in [0, 0.05) is 6.07 Å². The van der Waals surface area contributed by atoms with Crippen LogP contribution in [0.25, 0.3) is 10.2 Å². The largest absolute Gasteiger partial charge is 0.497 e. The van der Waals surface area contributed by atoms with Crippen molar-refractivity contribution in [3.8, 4) is 11.5 Å². The number of thioether (sulfide) groups is 1. The second-order valence-corrected chi connectivity index (χ2v) is 6.93. The summed E-state index contributed by atoms with van der Waals surface area (Å²) in [5.74, 6) is 0.749. The molecule has 26 heavy (non-hydrogen) atoms. The van der Waals surface area contributed by atoms with Crippen LogP contribution in [0.1, 0.15) is 0 Å². The van der Waals surface area contributed by atoms with Crippen LogP contribution < -0.4 is 20.3 Å². The SMILES string of the molecule is COc1ccc(NC(=O)Cn2c(SC)nc3ccsc3c2=O)c(OC)c1. The Labute approximate surface area is 158 Å². The van der Waals surface area contributed by atoms with Crippen molar-refractivity contribution < 1.29 is 14.3 Å². The zero-order chi connectivity index (χ0) is 18.7. The highest BCUT2D eigenvalue weighted by atomic mass is 32.2. The van der Waals surface area contributed by atoms with Gasteiger partial charge in [-0.1, -0.05) is 11.8 Å². The molecular formula is C17H17N3O4S2. The molecule has 0 atom stereocenters. The summed E-state index contributed by atoms with van der Waals surface area (Å²) < 4.78 is 12.3. The van der Waals surface area contributed by atoms with Crippen LogP contribution in [-0.2, 0) is 11.3 Å². The van der Waals surface area contributed by atoms with Crippen LogP contribution in [0.15, 0.2) is 39.6 Å². The molecule has 2 heterocycles. The van der Waals surface area contributed by atoms with Crippen molar-refractivity contribution >= 4 is 44.9 Å². The van der Waals surface area contributed by atoms with Crippen molar-refractivity contribution in [2.45, 2.75) is 11.7 Å². The minimum absolute atomic E-state index is 0.134. The molecule has 1 amide bonds. The van der Waals surface area contributed by atoms with E-state index in [0.29, 0.717) is 32.6 Å². The van der Waals surface area contributed by atoms with Crippen molar-refractivity contribution in [3.63, 3.8) is 0 Å². The Bertz CT molecular complexity index is 1010. The number of fused-ring (bicyclic) bond motifs is 1. The molecule has 9 heteroatoms. The smallest absolute Gasteiger partial charge is 0.272 e. The van der Waals surface area contributed by atoms with Gasteiger partial charge in [-0.3, -0.25) is 14.2 Å². The van der Waals surface area contributed by atoms with Crippen molar-refractivity contribution in [3.05, 3.63) is 40.0 Å². The molecule has 1 N–H and O–H groups in total. The second-order valence-electron chi connectivity index (χ2n) is 5.24. The molecule has 1 aromatic carbocycles. The molecule has 0 radical (unpaired) electrons. The van der Waals surface area contributed by atoms with Gasteiger partial charge in [0.1, 0.15) is 22.7 Å². The van der Waals surface area contributed by atoms with Gasteiger partial charge in [0.15, 0.2) is 5.16 Å². The first kappa shape index (κ1) is 18.3. The Kier molecular flexibility index (Phi) is 5.48. The van der Waals surface area contributed by atoms with Gasteiger partial charge in [0.25, 0.3) is 5.56 Å². The van der Waals surface area contributed by atoms with E-state index in [1.54, 1.807) is 31.4 Å². The number of hydrogen-bond donors (Lipinski definition) is 1. The molecule has 136 valence electrons. The number of ether oxygens (including phenoxy) is 2. The predicted octanol–water partition coefficient (Wildman–Crippen LogP) is 2.84. The third-order valence-corrected chi connectivity index (χ3v) is 5.27. The number of anilines is 1. The first-order valence-corrected chi connectivity index (χ1v) is 9.71. The van der Waals surface area contributed by atoms with Gasteiger partial charge in [0.2, 0.25) is 5.91 Å². The maximum absolute atomic E-state index is 12.7. The van der Waals surface area contributed by atoms with Crippen LogP contribution >= 0.6 is 23.1 Å². The van der Waals surface area contributed by atoms with Crippen LogP contribution in [0.2, 0.25) is 0 Å². The number of methoxy groups -OCH3 is 2. The summed E-state index contributed by atoms with van der Waals surface area (Å²) >= 11 is 2.64. The van der Waals surface area contributed by atoms with Crippen molar-refractivity contribution in [1.82, 2.24) is 9.55 Å². The van der Waals surface area contributed by atoms with Crippen molar-refractivity contribution in [2.75, 3.05) is 25.8 Å². The lowest BCUT2D eigenvalue weighted by molar-refractivity contribution is -0.116. The molecule has 0 aliphatic carbocycles. The first-order valence-electron chi connectivity index (χ1n) is 7.61. The molecule has 0 saturated heterocycles. The Morgan fingerprint density at radius 2 is 2.12 bits per heavy atom. The number of thiophene rings is 1. The van der Waals surface area contributed by atoms with Crippen molar-refractivity contribution in [2.24, 2.45) is 0 Å². The number of carbonyl (C=O) groups is 1. The van der Waals surface area contributed by atoms with Crippen LogP contribution in [-0.4, -0.2) is 35.9 Å². The molecule has 0 aliphatic rings. The summed E-state index contributed by atoms with van der Waals surface area (Å²) in [4.78, 5) is 29.6. The number of nitrogens with one attached hydrogen (secondary N) is 1. The third kappa shape index (κ3) is 3.54. The molecule has 0 spiro atoms. The molecule has 3 aromatic rings. The van der Waals surface area contributed by atoms with E-state index in [4.69, 9.17) is 9.47 Å². The predicted molar refractivity (Wildman–Crippen MR) is 104 cm³/mol. The zero-order valence-electron chi connectivity index (χ0n) is 14.4. The summed E-state index contributed by atoms with van der Waals surface area (Å²) in [7, 11) is 3.06. The summed E-state index contributed by atoms with van der Waals surface area (Å²) in [5, 5.41) is 5.08. The Balaban J connectivity index is 1.88. The fourth-order valence-electron chi connectivity index (χ4n) is 2.45. The molecule has 2 aromatic heterocycles. The molecule has 0 fully saturated rings. The van der Waals surface area contributed by atoms with E-state index in [9.17, 15) is 9.59 Å². The van der Waals surface area contributed by atoms with Crippen LogP contribution in [0, 0.1) is 0 Å². The Morgan fingerprint density at radius 3 is 2.81 bits per heavy atom. The molecule has 0 saturated carbocycles. The van der Waals surface area contributed by atoms with Crippen LogP contribution in [0.5, 0.6) is 11.5 Å². The van der Waals surface area contributed by atoms with E-state index in [1.807, 2.05) is 11.6 Å². The molecule has 0 aliphatic heterocycles. The maximum Gasteiger partial charge on any atom is 0.272 e. The summed E-state index contributed by atoms with van der Waals surface area (Å²) in [6, 6.07) is 6.88. The Morgan fingerprint density at radius 1 is 1.31 bits per heavy atom. The molecule has 3 rings (SSSR count). The van der Waals surface area contributed by atoms with Gasteiger partial charge in [-0.05, 0) is 29.8 Å². The standard InChI is InChI=1S/C17H17N3O4S2/c1-23-10-4-5-11(13(8-10)24-2)18-14(21)9-20-16(22)15-12(6-7-26-15)19-17(20)25-3/h4-8H,9H2,1-3H3,(H,18,21). The van der Waals surface area contributed by atoms with Gasteiger partial charge in [-0.2, -0.15) is 0 Å². The third-order valence-electron chi connectivity index (χ3n) is 3.70.